The van der Waals surface area contributed by atoms with E-state index in [1.807, 2.05) is 6.92 Å². The second-order valence-electron chi connectivity index (χ2n) is 4.74. The first-order valence-corrected chi connectivity index (χ1v) is 7.20. The average molecular weight is 265 g/mol. The number of rotatable bonds is 10. The minimum Gasteiger partial charge on any atom is -0.494 e. The van der Waals surface area contributed by atoms with Crippen LogP contribution in [0.25, 0.3) is 0 Å². The van der Waals surface area contributed by atoms with Gasteiger partial charge >= 0.3 is 0 Å². The fourth-order valence-corrected chi connectivity index (χ4v) is 2.06. The van der Waals surface area contributed by atoms with Crippen LogP contribution in [0.3, 0.4) is 0 Å². The molecule has 0 atom stereocenters. The van der Waals surface area contributed by atoms with Crippen molar-refractivity contribution in [1.82, 2.24) is 5.32 Å². The van der Waals surface area contributed by atoms with Crippen LogP contribution < -0.4 is 10.1 Å². The van der Waals surface area contributed by atoms with Crippen molar-refractivity contribution >= 4 is 0 Å². The van der Waals surface area contributed by atoms with Crippen LogP contribution in [0.15, 0.2) is 18.2 Å². The predicted octanol–water partition coefficient (Wildman–Crippen LogP) is 2.95. The summed E-state index contributed by atoms with van der Waals surface area (Å²) in [6, 6.07) is 6.44. The van der Waals surface area contributed by atoms with Gasteiger partial charge in [0.25, 0.3) is 0 Å². The van der Waals surface area contributed by atoms with Crippen LogP contribution in [0.2, 0.25) is 0 Å². The number of unbranched alkanes of at least 4 members (excludes halogenated alkanes) is 1. The lowest BCUT2D eigenvalue weighted by Gasteiger charge is -2.11. The van der Waals surface area contributed by atoms with Crippen molar-refractivity contribution in [1.29, 1.82) is 0 Å². The summed E-state index contributed by atoms with van der Waals surface area (Å²) in [4.78, 5) is 0. The summed E-state index contributed by atoms with van der Waals surface area (Å²) in [6.45, 7) is 7.67. The van der Waals surface area contributed by atoms with Crippen LogP contribution in [-0.2, 0) is 11.2 Å². The second-order valence-corrected chi connectivity index (χ2v) is 4.74. The van der Waals surface area contributed by atoms with Crippen LogP contribution in [-0.4, -0.2) is 33.4 Å². The summed E-state index contributed by atoms with van der Waals surface area (Å²) in [5.41, 5.74) is 2.63. The third kappa shape index (κ3) is 6.60. The third-order valence-corrected chi connectivity index (χ3v) is 3.05. The van der Waals surface area contributed by atoms with Gasteiger partial charge in [0.1, 0.15) is 5.75 Å². The van der Waals surface area contributed by atoms with E-state index in [-0.39, 0.29) is 0 Å². The Morgan fingerprint density at radius 3 is 2.74 bits per heavy atom. The molecule has 19 heavy (non-hydrogen) atoms. The van der Waals surface area contributed by atoms with Gasteiger partial charge in [-0.1, -0.05) is 17.7 Å². The fraction of sp³-hybridized carbons (Fsp3) is 0.625. The van der Waals surface area contributed by atoms with Gasteiger partial charge in [0.2, 0.25) is 0 Å². The summed E-state index contributed by atoms with van der Waals surface area (Å²) in [5, 5.41) is 3.37. The van der Waals surface area contributed by atoms with Crippen molar-refractivity contribution in [2.24, 2.45) is 0 Å². The van der Waals surface area contributed by atoms with Crippen LogP contribution in [0.4, 0.5) is 0 Å². The number of aryl methyl sites for hydroxylation is 2. The van der Waals surface area contributed by atoms with E-state index < -0.39 is 0 Å². The monoisotopic (exact) mass is 265 g/mol. The molecule has 1 aromatic rings. The van der Waals surface area contributed by atoms with E-state index >= 15 is 0 Å². The molecule has 1 aromatic carbocycles. The fourth-order valence-electron chi connectivity index (χ4n) is 2.06. The number of hydrogen-bond acceptors (Lipinski definition) is 3. The Balaban J connectivity index is 2.29. The summed E-state index contributed by atoms with van der Waals surface area (Å²) >= 11 is 0. The second kappa shape index (κ2) is 9.82. The van der Waals surface area contributed by atoms with Crippen molar-refractivity contribution in [3.05, 3.63) is 29.3 Å². The van der Waals surface area contributed by atoms with Gasteiger partial charge in [-0.2, -0.15) is 0 Å². The molecule has 0 heterocycles. The van der Waals surface area contributed by atoms with E-state index in [0.717, 1.165) is 38.5 Å². The molecule has 108 valence electrons. The Hall–Kier alpha value is -1.06. The minimum absolute atomic E-state index is 0.731. The molecule has 0 radical (unpaired) electrons. The normalized spacial score (nSPS) is 10.7. The SMILES string of the molecule is CCOc1ccc(C)cc1CCCCNCCOC. The number of ether oxygens (including phenoxy) is 2. The molecule has 0 fully saturated rings. The van der Waals surface area contributed by atoms with Gasteiger partial charge in [0.15, 0.2) is 0 Å². The van der Waals surface area contributed by atoms with E-state index in [9.17, 15) is 0 Å². The molecule has 0 unspecified atom stereocenters. The van der Waals surface area contributed by atoms with Crippen molar-refractivity contribution in [3.63, 3.8) is 0 Å². The standard InChI is InChI=1S/C16H27NO2/c1-4-19-16-9-8-14(2)13-15(16)7-5-6-10-17-11-12-18-3/h8-9,13,17H,4-7,10-12H2,1-3H3. The first-order chi connectivity index (χ1) is 9.27. The van der Waals surface area contributed by atoms with Crippen LogP contribution in [0.1, 0.15) is 30.9 Å². The molecular weight excluding hydrogens is 238 g/mol. The predicted molar refractivity (Wildman–Crippen MR) is 80.0 cm³/mol. The maximum absolute atomic E-state index is 5.67. The Bertz CT molecular complexity index is 353. The summed E-state index contributed by atoms with van der Waals surface area (Å²) < 4.78 is 10.7. The van der Waals surface area contributed by atoms with E-state index in [4.69, 9.17) is 9.47 Å². The number of methoxy groups -OCH3 is 1. The first kappa shape index (κ1) is 16.0. The molecule has 0 aliphatic heterocycles. The van der Waals surface area contributed by atoms with E-state index in [1.54, 1.807) is 7.11 Å². The molecule has 0 aliphatic rings. The zero-order valence-electron chi connectivity index (χ0n) is 12.5. The zero-order valence-corrected chi connectivity index (χ0v) is 12.5. The van der Waals surface area contributed by atoms with Crippen LogP contribution >= 0.6 is 0 Å². The highest BCUT2D eigenvalue weighted by Gasteiger charge is 2.03. The summed E-state index contributed by atoms with van der Waals surface area (Å²) in [5.74, 6) is 1.04. The maximum atomic E-state index is 5.67. The first-order valence-electron chi connectivity index (χ1n) is 7.20. The van der Waals surface area contributed by atoms with Crippen LogP contribution in [0.5, 0.6) is 5.75 Å². The Morgan fingerprint density at radius 1 is 1.16 bits per heavy atom. The van der Waals surface area contributed by atoms with Gasteiger partial charge in [-0.25, -0.2) is 0 Å². The summed E-state index contributed by atoms with van der Waals surface area (Å²) in [7, 11) is 1.73. The molecule has 1 rings (SSSR count). The smallest absolute Gasteiger partial charge is 0.122 e. The molecule has 1 N–H and O–H groups in total. The molecule has 0 aliphatic carbocycles. The molecule has 3 heteroatoms. The van der Waals surface area contributed by atoms with Crippen molar-refractivity contribution in [3.8, 4) is 5.75 Å². The number of hydrogen-bond donors (Lipinski definition) is 1. The minimum atomic E-state index is 0.731. The van der Waals surface area contributed by atoms with Gasteiger partial charge < -0.3 is 14.8 Å². The van der Waals surface area contributed by atoms with E-state index in [0.29, 0.717) is 0 Å². The van der Waals surface area contributed by atoms with Crippen LogP contribution in [0, 0.1) is 6.92 Å². The Labute approximate surface area is 117 Å². The molecule has 0 aromatic heterocycles. The van der Waals surface area contributed by atoms with Crippen molar-refractivity contribution < 1.29 is 9.47 Å². The van der Waals surface area contributed by atoms with Gasteiger partial charge in [-0.3, -0.25) is 0 Å². The topological polar surface area (TPSA) is 30.5 Å². The van der Waals surface area contributed by atoms with E-state index in [2.05, 4.69) is 30.4 Å². The highest BCUT2D eigenvalue weighted by atomic mass is 16.5. The molecule has 0 spiro atoms. The lowest BCUT2D eigenvalue weighted by Crippen LogP contribution is -2.20. The van der Waals surface area contributed by atoms with Gasteiger partial charge in [-0.05, 0) is 51.3 Å². The third-order valence-electron chi connectivity index (χ3n) is 3.05. The molecule has 3 nitrogen and oxygen atoms in total. The van der Waals surface area contributed by atoms with Gasteiger partial charge in [0.05, 0.1) is 13.2 Å². The lowest BCUT2D eigenvalue weighted by atomic mass is 10.0. The van der Waals surface area contributed by atoms with Crippen molar-refractivity contribution in [2.45, 2.75) is 33.1 Å². The largest absolute Gasteiger partial charge is 0.494 e. The molecule has 0 amide bonds. The lowest BCUT2D eigenvalue weighted by molar-refractivity contribution is 0.199. The molecule has 0 saturated carbocycles. The Morgan fingerprint density at radius 2 is 2.00 bits per heavy atom. The quantitative estimate of drug-likeness (QED) is 0.660. The summed E-state index contributed by atoms with van der Waals surface area (Å²) in [6.07, 6.45) is 3.45. The number of benzene rings is 1. The molecule has 0 bridgehead atoms. The number of nitrogens with one attached hydrogen (secondary N) is 1. The molecular formula is C16H27NO2. The zero-order chi connectivity index (χ0) is 13.9. The van der Waals surface area contributed by atoms with Gasteiger partial charge in [0, 0.05) is 13.7 Å². The Kier molecular flexibility index (Phi) is 8.26. The average Bonchev–Trinajstić information content (AvgIpc) is 2.41. The van der Waals surface area contributed by atoms with E-state index in [1.165, 1.54) is 24.0 Å². The van der Waals surface area contributed by atoms with Crippen molar-refractivity contribution in [2.75, 3.05) is 33.4 Å². The highest BCUT2D eigenvalue weighted by molar-refractivity contribution is 5.37. The van der Waals surface area contributed by atoms with Gasteiger partial charge in [-0.15, -0.1) is 0 Å². The highest BCUT2D eigenvalue weighted by Crippen LogP contribution is 2.21. The maximum Gasteiger partial charge on any atom is 0.122 e. The molecule has 0 saturated heterocycles.